The first-order valence-corrected chi connectivity index (χ1v) is 10.7. The number of hydrogen-bond acceptors (Lipinski definition) is 5. The molecule has 1 aromatic carbocycles. The molecular formula is C17H21F6O5P. The number of carbonyl (C=O) groups excluding carboxylic acids is 1. The molecule has 0 fully saturated rings. The Morgan fingerprint density at radius 2 is 1.48 bits per heavy atom. The van der Waals surface area contributed by atoms with E-state index < -0.39 is 48.2 Å². The number of benzene rings is 1. The third-order valence-electron chi connectivity index (χ3n) is 4.13. The summed E-state index contributed by atoms with van der Waals surface area (Å²) in [6.07, 6.45) is -10.4. The SMILES string of the molecule is CCOP1(OCC)(OCC)Oc2c(C(=O)C(F)(F)F)cc(C)cc2C1C(F)(F)F. The Balaban J connectivity index is 2.92. The van der Waals surface area contributed by atoms with Crippen molar-refractivity contribution in [2.75, 3.05) is 19.8 Å². The van der Waals surface area contributed by atoms with Crippen LogP contribution in [0.25, 0.3) is 0 Å². The van der Waals surface area contributed by atoms with Crippen LogP contribution in [0.5, 0.6) is 5.75 Å². The van der Waals surface area contributed by atoms with Crippen LogP contribution in [0, 0.1) is 6.92 Å². The Labute approximate surface area is 163 Å². The topological polar surface area (TPSA) is 54.0 Å². The van der Waals surface area contributed by atoms with Gasteiger partial charge in [0.25, 0.3) is 0 Å². The molecule has 2 rings (SSSR count). The zero-order valence-electron chi connectivity index (χ0n) is 16.1. The normalized spacial score (nSPS) is 21.7. The van der Waals surface area contributed by atoms with E-state index in [9.17, 15) is 31.1 Å². The van der Waals surface area contributed by atoms with Gasteiger partial charge in [-0.3, -0.25) is 0 Å². The second-order valence-corrected chi connectivity index (χ2v) is 9.43. The molecule has 0 saturated carbocycles. The number of hydrogen-bond donors (Lipinski definition) is 0. The number of aryl methyl sites for hydroxylation is 1. The first kappa shape index (κ1) is 23.9. The molecule has 0 N–H and O–H groups in total. The predicted octanol–water partition coefficient (Wildman–Crippen LogP) is 6.06. The van der Waals surface area contributed by atoms with E-state index in [1.807, 2.05) is 0 Å². The number of halogens is 6. The molecule has 1 aliphatic heterocycles. The minimum atomic E-state index is -5.56. The predicted molar refractivity (Wildman–Crippen MR) is 92.8 cm³/mol. The van der Waals surface area contributed by atoms with Gasteiger partial charge in [-0.1, -0.05) is 0 Å². The second kappa shape index (κ2) is 7.68. The Morgan fingerprint density at radius 1 is 1.00 bits per heavy atom. The van der Waals surface area contributed by atoms with E-state index in [-0.39, 0.29) is 25.4 Å². The second-order valence-electron chi connectivity index (χ2n) is 6.22. The van der Waals surface area contributed by atoms with Crippen LogP contribution in [0.2, 0.25) is 0 Å². The van der Waals surface area contributed by atoms with E-state index in [1.54, 1.807) is 0 Å². The van der Waals surface area contributed by atoms with Gasteiger partial charge in [-0.05, 0) is 0 Å². The molecule has 0 aromatic heterocycles. The molecule has 0 aliphatic carbocycles. The van der Waals surface area contributed by atoms with Crippen molar-refractivity contribution < 1.29 is 49.2 Å². The van der Waals surface area contributed by atoms with Gasteiger partial charge in [-0.2, -0.15) is 0 Å². The van der Waals surface area contributed by atoms with Gasteiger partial charge in [0.2, 0.25) is 0 Å². The summed E-state index contributed by atoms with van der Waals surface area (Å²) in [6, 6.07) is 1.83. The summed E-state index contributed by atoms with van der Waals surface area (Å²) in [5.41, 5.74) is -4.36. The monoisotopic (exact) mass is 450 g/mol. The number of alkyl halides is 6. The summed E-state index contributed by atoms with van der Waals surface area (Å²) in [4.78, 5) is 11.9. The van der Waals surface area contributed by atoms with E-state index in [0.29, 0.717) is 0 Å². The van der Waals surface area contributed by atoms with Crippen molar-refractivity contribution in [2.24, 2.45) is 0 Å². The van der Waals surface area contributed by atoms with Crippen molar-refractivity contribution in [3.05, 3.63) is 28.8 Å². The van der Waals surface area contributed by atoms with Crippen molar-refractivity contribution in [2.45, 2.75) is 45.7 Å². The zero-order chi connectivity index (χ0) is 22.3. The zero-order valence-corrected chi connectivity index (χ0v) is 17.0. The Morgan fingerprint density at radius 3 is 1.86 bits per heavy atom. The molecule has 1 atom stereocenters. The third kappa shape index (κ3) is 3.97. The van der Waals surface area contributed by atoms with Crippen molar-refractivity contribution in [1.29, 1.82) is 0 Å². The van der Waals surface area contributed by atoms with Gasteiger partial charge >= 0.3 is 163 Å². The fourth-order valence-corrected chi connectivity index (χ4v) is 7.39. The van der Waals surface area contributed by atoms with E-state index in [4.69, 9.17) is 18.1 Å². The maximum absolute atomic E-state index is 14.3. The number of ketones is 1. The first-order chi connectivity index (χ1) is 13.3. The molecule has 1 unspecified atom stereocenters. The number of carbonyl (C=O) groups is 1. The van der Waals surface area contributed by atoms with Crippen LogP contribution in [0.3, 0.4) is 0 Å². The van der Waals surface area contributed by atoms with Crippen molar-refractivity contribution in [1.82, 2.24) is 0 Å². The summed E-state index contributed by atoms with van der Waals surface area (Å²) in [5, 5.41) is 0. The third-order valence-corrected chi connectivity index (χ3v) is 8.23. The van der Waals surface area contributed by atoms with E-state index in [1.165, 1.54) is 27.7 Å². The summed E-state index contributed by atoms with van der Waals surface area (Å²) >= 11 is 0. The fourth-order valence-electron chi connectivity index (χ4n) is 3.40. The first-order valence-electron chi connectivity index (χ1n) is 8.75. The Bertz CT molecular complexity index is 772. The number of Topliss-reactive ketones (excluding diaryl/α,β-unsaturated/α-hetero) is 1. The molecule has 29 heavy (non-hydrogen) atoms. The summed E-state index contributed by atoms with van der Waals surface area (Å²) in [5.74, 6) is -3.21. The van der Waals surface area contributed by atoms with Crippen molar-refractivity contribution in [3.8, 4) is 5.75 Å². The van der Waals surface area contributed by atoms with Crippen LogP contribution in [0.15, 0.2) is 12.1 Å². The molecule has 1 heterocycles. The molecule has 0 amide bonds. The average molecular weight is 450 g/mol. The van der Waals surface area contributed by atoms with Gasteiger partial charge in [-0.25, -0.2) is 0 Å². The van der Waals surface area contributed by atoms with Gasteiger partial charge in [0.1, 0.15) is 0 Å². The van der Waals surface area contributed by atoms with E-state index >= 15 is 0 Å². The molecule has 166 valence electrons. The maximum atomic E-state index is 14.3. The molecule has 5 nitrogen and oxygen atoms in total. The van der Waals surface area contributed by atoms with E-state index in [2.05, 4.69) is 0 Å². The Kier molecular flexibility index (Phi) is 6.32. The molecule has 0 radical (unpaired) electrons. The van der Waals surface area contributed by atoms with Crippen LogP contribution in [0.4, 0.5) is 26.3 Å². The van der Waals surface area contributed by atoms with Crippen LogP contribution in [-0.2, 0) is 13.6 Å². The molecular weight excluding hydrogens is 429 g/mol. The van der Waals surface area contributed by atoms with Crippen molar-refractivity contribution in [3.63, 3.8) is 0 Å². The molecule has 0 saturated heterocycles. The molecule has 1 aromatic rings. The Hall–Kier alpha value is -1.42. The molecule has 12 heteroatoms. The van der Waals surface area contributed by atoms with Gasteiger partial charge in [0.15, 0.2) is 0 Å². The van der Waals surface area contributed by atoms with Gasteiger partial charge in [0, 0.05) is 0 Å². The molecule has 1 aliphatic rings. The van der Waals surface area contributed by atoms with Crippen molar-refractivity contribution >= 4 is 13.3 Å². The summed E-state index contributed by atoms with van der Waals surface area (Å²) < 4.78 is 104. The fraction of sp³-hybridized carbons (Fsp3) is 0.588. The average Bonchev–Trinajstić information content (AvgIpc) is 2.83. The quantitative estimate of drug-likeness (QED) is 0.287. The summed E-state index contributed by atoms with van der Waals surface area (Å²) in [7, 11) is -5.56. The molecule has 0 bridgehead atoms. The van der Waals surface area contributed by atoms with Crippen LogP contribution in [0.1, 0.15) is 47.9 Å². The number of fused-ring (bicyclic) bond motifs is 1. The number of rotatable bonds is 7. The summed E-state index contributed by atoms with van der Waals surface area (Å²) in [6.45, 7) is 4.40. The van der Waals surface area contributed by atoms with E-state index in [0.717, 1.165) is 12.1 Å². The van der Waals surface area contributed by atoms with Gasteiger partial charge in [0.05, 0.1) is 0 Å². The van der Waals surface area contributed by atoms with Crippen LogP contribution < -0.4 is 4.52 Å². The molecule has 0 spiro atoms. The van der Waals surface area contributed by atoms with Gasteiger partial charge in [-0.15, -0.1) is 0 Å². The van der Waals surface area contributed by atoms with Gasteiger partial charge < -0.3 is 0 Å². The standard InChI is InChI=1S/C17H21F6O5P/c1-5-25-29(26-6-2,27-7-3)15(17(21,22)23)12-9-10(4)8-11(13(12)28-29)14(24)16(18,19)20/h8-9,15H,5-7H2,1-4H3. The van der Waals surface area contributed by atoms with Crippen LogP contribution in [-0.4, -0.2) is 38.0 Å². The van der Waals surface area contributed by atoms with Crippen LogP contribution >= 0.6 is 7.51 Å². The minimum absolute atomic E-state index is 0.0113.